The van der Waals surface area contributed by atoms with Gasteiger partial charge in [-0.25, -0.2) is 0 Å². The van der Waals surface area contributed by atoms with Gasteiger partial charge in [0.2, 0.25) is 0 Å². The van der Waals surface area contributed by atoms with Crippen LogP contribution in [-0.4, -0.2) is 24.0 Å². The molecule has 3 rings (SSSR count). The fraction of sp³-hybridized carbons (Fsp3) is 0.364. The predicted molar refractivity (Wildman–Crippen MR) is 116 cm³/mol. The van der Waals surface area contributed by atoms with E-state index >= 15 is 0 Å². The van der Waals surface area contributed by atoms with Gasteiger partial charge in [0, 0.05) is 11.1 Å². The molecule has 2 aromatic rings. The molecule has 2 amide bonds. The minimum absolute atomic E-state index is 0.179. The van der Waals surface area contributed by atoms with Gasteiger partial charge in [-0.1, -0.05) is 54.6 Å². The summed E-state index contributed by atoms with van der Waals surface area (Å²) in [4.78, 5) is 25.4. The topological polar surface area (TPSA) is 67.4 Å². The Hall–Kier alpha value is -2.24. The molecule has 0 aromatic heterocycles. The van der Waals surface area contributed by atoms with Gasteiger partial charge < -0.3 is 15.4 Å². The van der Waals surface area contributed by atoms with E-state index < -0.39 is 6.10 Å². The normalized spacial score (nSPS) is 15.4. The number of nitrogens with one attached hydrogen (secondary N) is 2. The lowest BCUT2D eigenvalue weighted by Gasteiger charge is -2.23. The van der Waals surface area contributed by atoms with Crippen molar-refractivity contribution in [2.45, 2.75) is 51.2 Å². The predicted octanol–water partition coefficient (Wildman–Crippen LogP) is 5.46. The molecule has 5 nitrogen and oxygen atoms in total. The van der Waals surface area contributed by atoms with Gasteiger partial charge in [0.1, 0.15) is 5.75 Å². The zero-order valence-electron chi connectivity index (χ0n) is 16.2. The molecule has 2 aromatic carbocycles. The first-order chi connectivity index (χ1) is 13.9. The zero-order chi connectivity index (χ0) is 20.8. The minimum atomic E-state index is -0.817. The molecule has 1 atom stereocenters. The summed E-state index contributed by atoms with van der Waals surface area (Å²) in [6.45, 7) is 1.62. The fourth-order valence-corrected chi connectivity index (χ4v) is 3.80. The first-order valence-electron chi connectivity index (χ1n) is 9.76. The van der Waals surface area contributed by atoms with Crippen LogP contribution in [0.1, 0.15) is 49.4 Å². The highest BCUT2D eigenvalue weighted by molar-refractivity contribution is 6.35. The van der Waals surface area contributed by atoms with Crippen LogP contribution < -0.4 is 15.4 Å². The zero-order valence-corrected chi connectivity index (χ0v) is 17.7. The van der Waals surface area contributed by atoms with Crippen LogP contribution in [0.3, 0.4) is 0 Å². The molecule has 0 radical (unpaired) electrons. The lowest BCUT2D eigenvalue weighted by Crippen LogP contribution is -2.37. The average molecular weight is 435 g/mol. The molecule has 0 saturated heterocycles. The van der Waals surface area contributed by atoms with Gasteiger partial charge in [0.05, 0.1) is 16.3 Å². The Balaban J connectivity index is 1.66. The quantitative estimate of drug-likeness (QED) is 0.633. The van der Waals surface area contributed by atoms with Crippen molar-refractivity contribution in [2.24, 2.45) is 0 Å². The number of anilines is 1. The number of amides is 2. The van der Waals surface area contributed by atoms with E-state index in [4.69, 9.17) is 27.9 Å². The highest BCUT2D eigenvalue weighted by atomic mass is 35.5. The maximum Gasteiger partial charge on any atom is 0.265 e. The van der Waals surface area contributed by atoms with E-state index in [1.165, 1.54) is 6.42 Å². The highest BCUT2D eigenvalue weighted by Gasteiger charge is 2.21. The molecular weight excluding hydrogens is 411 g/mol. The molecule has 154 valence electrons. The lowest BCUT2D eigenvalue weighted by atomic mass is 9.95. The second-order valence-electron chi connectivity index (χ2n) is 7.18. The van der Waals surface area contributed by atoms with E-state index in [2.05, 4.69) is 10.6 Å². The molecule has 0 bridgehead atoms. The van der Waals surface area contributed by atoms with Crippen LogP contribution in [0.25, 0.3) is 0 Å². The number of hydrogen-bond donors (Lipinski definition) is 2. The third-order valence-corrected chi connectivity index (χ3v) is 5.47. The smallest absolute Gasteiger partial charge is 0.265 e. The summed E-state index contributed by atoms with van der Waals surface area (Å²) in [5, 5.41) is 6.67. The summed E-state index contributed by atoms with van der Waals surface area (Å²) in [5.74, 6) is -0.196. The van der Waals surface area contributed by atoms with Crippen molar-refractivity contribution in [3.8, 4) is 5.75 Å². The van der Waals surface area contributed by atoms with Crippen molar-refractivity contribution in [2.75, 3.05) is 5.32 Å². The van der Waals surface area contributed by atoms with Crippen molar-refractivity contribution in [3.63, 3.8) is 0 Å². The monoisotopic (exact) mass is 434 g/mol. The Morgan fingerprint density at radius 1 is 1.07 bits per heavy atom. The van der Waals surface area contributed by atoms with Crippen molar-refractivity contribution in [1.82, 2.24) is 5.32 Å². The molecular formula is C22H24Cl2N2O3. The van der Waals surface area contributed by atoms with Crippen molar-refractivity contribution in [1.29, 1.82) is 0 Å². The van der Waals surface area contributed by atoms with E-state index in [-0.39, 0.29) is 17.9 Å². The summed E-state index contributed by atoms with van der Waals surface area (Å²) in [6, 6.07) is 11.9. The Morgan fingerprint density at radius 3 is 2.52 bits per heavy atom. The molecule has 1 aliphatic rings. The van der Waals surface area contributed by atoms with Crippen LogP contribution in [0.15, 0.2) is 42.5 Å². The summed E-state index contributed by atoms with van der Waals surface area (Å²) >= 11 is 12.0. The minimum Gasteiger partial charge on any atom is -0.479 e. The fourth-order valence-electron chi connectivity index (χ4n) is 3.35. The SMILES string of the molecule is C[C@H](Oc1ccc(Cl)cc1Cl)C(=O)Nc1ccccc1C(=O)NC1CCCCC1. The lowest BCUT2D eigenvalue weighted by molar-refractivity contribution is -0.122. The second-order valence-corrected chi connectivity index (χ2v) is 8.02. The van der Waals surface area contributed by atoms with Crippen LogP contribution in [0.4, 0.5) is 5.69 Å². The van der Waals surface area contributed by atoms with Gasteiger partial charge in [0.25, 0.3) is 11.8 Å². The van der Waals surface area contributed by atoms with E-state index in [0.29, 0.717) is 27.0 Å². The van der Waals surface area contributed by atoms with Crippen LogP contribution >= 0.6 is 23.2 Å². The van der Waals surface area contributed by atoms with Gasteiger partial charge in [-0.05, 0) is 50.1 Å². The summed E-state index contributed by atoms with van der Waals surface area (Å²) in [7, 11) is 0. The Kier molecular flexibility index (Phi) is 7.40. The number of ether oxygens (including phenoxy) is 1. The molecule has 0 aliphatic heterocycles. The van der Waals surface area contributed by atoms with E-state index in [9.17, 15) is 9.59 Å². The summed E-state index contributed by atoms with van der Waals surface area (Å²) in [5.41, 5.74) is 0.881. The van der Waals surface area contributed by atoms with E-state index in [1.807, 2.05) is 0 Å². The number of carbonyl (C=O) groups excluding carboxylic acids is 2. The maximum absolute atomic E-state index is 12.7. The van der Waals surface area contributed by atoms with Crippen molar-refractivity contribution < 1.29 is 14.3 Å². The largest absolute Gasteiger partial charge is 0.479 e. The molecule has 1 fully saturated rings. The molecule has 1 aliphatic carbocycles. The Bertz CT molecular complexity index is 882. The van der Waals surface area contributed by atoms with Gasteiger partial charge in [-0.15, -0.1) is 0 Å². The van der Waals surface area contributed by atoms with Crippen LogP contribution in [0.2, 0.25) is 10.0 Å². The van der Waals surface area contributed by atoms with E-state index in [0.717, 1.165) is 25.7 Å². The maximum atomic E-state index is 12.7. The first kappa shape index (κ1) is 21.5. The number of rotatable bonds is 6. The number of carbonyl (C=O) groups is 2. The molecule has 2 N–H and O–H groups in total. The second kappa shape index (κ2) is 9.99. The third-order valence-electron chi connectivity index (χ3n) is 4.94. The van der Waals surface area contributed by atoms with Gasteiger partial charge >= 0.3 is 0 Å². The van der Waals surface area contributed by atoms with Crippen LogP contribution in [0, 0.1) is 0 Å². The number of hydrogen-bond acceptors (Lipinski definition) is 3. The standard InChI is InChI=1S/C22H24Cl2N2O3/c1-14(29-20-12-11-15(23)13-18(20)24)21(27)26-19-10-6-5-9-17(19)22(28)25-16-7-3-2-4-8-16/h5-6,9-14,16H,2-4,7-8H2,1H3,(H,25,28)(H,26,27)/t14-/m0/s1. The third kappa shape index (κ3) is 5.87. The summed E-state index contributed by atoms with van der Waals surface area (Å²) < 4.78 is 5.65. The van der Waals surface area contributed by atoms with Crippen LogP contribution in [0.5, 0.6) is 5.75 Å². The summed E-state index contributed by atoms with van der Waals surface area (Å²) in [6.07, 6.45) is 4.65. The number of halogens is 2. The highest BCUT2D eigenvalue weighted by Crippen LogP contribution is 2.28. The molecule has 0 spiro atoms. The van der Waals surface area contributed by atoms with Gasteiger partial charge in [-0.2, -0.15) is 0 Å². The van der Waals surface area contributed by atoms with Gasteiger partial charge in [-0.3, -0.25) is 9.59 Å². The number of benzene rings is 2. The van der Waals surface area contributed by atoms with Crippen LogP contribution in [-0.2, 0) is 4.79 Å². The molecule has 29 heavy (non-hydrogen) atoms. The van der Waals surface area contributed by atoms with Crippen molar-refractivity contribution >= 4 is 40.7 Å². The molecule has 7 heteroatoms. The molecule has 0 unspecified atom stereocenters. The number of para-hydroxylation sites is 1. The average Bonchev–Trinajstić information content (AvgIpc) is 2.71. The Labute approximate surface area is 180 Å². The Morgan fingerprint density at radius 2 is 1.79 bits per heavy atom. The molecule has 0 heterocycles. The first-order valence-corrected chi connectivity index (χ1v) is 10.5. The van der Waals surface area contributed by atoms with E-state index in [1.54, 1.807) is 49.4 Å². The molecule has 1 saturated carbocycles. The van der Waals surface area contributed by atoms with Crippen molar-refractivity contribution in [3.05, 3.63) is 58.1 Å². The van der Waals surface area contributed by atoms with Gasteiger partial charge in [0.15, 0.2) is 6.10 Å².